The molecule has 0 bridgehead atoms. The summed E-state index contributed by atoms with van der Waals surface area (Å²) in [5, 5.41) is 0.494. The van der Waals surface area contributed by atoms with Crippen LogP contribution in [0.4, 0.5) is 0 Å². The highest BCUT2D eigenvalue weighted by atomic mass is 35.5. The lowest BCUT2D eigenvalue weighted by molar-refractivity contribution is -0.146. The molecular weight excluding hydrogens is 318 g/mol. The molecule has 6 heteroatoms. The molecule has 0 saturated heterocycles. The van der Waals surface area contributed by atoms with Gasteiger partial charge in [0.15, 0.2) is 0 Å². The van der Waals surface area contributed by atoms with Crippen molar-refractivity contribution in [3.05, 3.63) is 46.1 Å². The topological polar surface area (TPSA) is 65.0 Å². The highest BCUT2D eigenvalue weighted by molar-refractivity contribution is 6.31. The van der Waals surface area contributed by atoms with Gasteiger partial charge in [-0.3, -0.25) is 9.79 Å². The van der Waals surface area contributed by atoms with E-state index in [1.807, 2.05) is 12.1 Å². The van der Waals surface area contributed by atoms with Crippen molar-refractivity contribution in [2.24, 2.45) is 10.9 Å². The molecule has 0 aromatic heterocycles. The van der Waals surface area contributed by atoms with Crippen molar-refractivity contribution in [3.63, 3.8) is 0 Å². The summed E-state index contributed by atoms with van der Waals surface area (Å²) in [5.74, 6) is -2.08. The Hall–Kier alpha value is -2.14. The molecule has 0 amide bonds. The highest BCUT2D eigenvalue weighted by Crippen LogP contribution is 2.44. The number of halogens is 1. The van der Waals surface area contributed by atoms with Crippen LogP contribution in [0.25, 0.3) is 0 Å². The lowest BCUT2D eigenvalue weighted by Gasteiger charge is -2.29. The van der Waals surface area contributed by atoms with Crippen LogP contribution < -0.4 is 0 Å². The fourth-order valence-electron chi connectivity index (χ4n) is 3.10. The van der Waals surface area contributed by atoms with E-state index in [2.05, 4.69) is 4.99 Å². The lowest BCUT2D eigenvalue weighted by Crippen LogP contribution is -2.35. The Kier molecular flexibility index (Phi) is 4.22. The molecular formula is C17H16ClNO4. The van der Waals surface area contributed by atoms with E-state index in [0.717, 1.165) is 0 Å². The number of benzene rings is 1. The van der Waals surface area contributed by atoms with E-state index >= 15 is 0 Å². The number of carbonyl (C=O) groups is 2. The van der Waals surface area contributed by atoms with Gasteiger partial charge in [0.2, 0.25) is 0 Å². The molecule has 0 saturated carbocycles. The zero-order chi connectivity index (χ0) is 16.6. The Balaban J connectivity index is 2.16. The first kappa shape index (κ1) is 15.7. The van der Waals surface area contributed by atoms with Crippen LogP contribution in [-0.4, -0.2) is 30.9 Å². The molecule has 0 N–H and O–H groups in total. The quantitative estimate of drug-likeness (QED) is 0.798. The summed E-state index contributed by atoms with van der Waals surface area (Å²) in [5.41, 5.74) is 2.28. The number of carbonyl (C=O) groups excluding carboxylic acids is 2. The van der Waals surface area contributed by atoms with Crippen molar-refractivity contribution >= 4 is 29.3 Å². The number of ether oxygens (including phenoxy) is 2. The first-order valence-corrected chi connectivity index (χ1v) is 7.78. The van der Waals surface area contributed by atoms with Crippen LogP contribution in [0.1, 0.15) is 25.3 Å². The summed E-state index contributed by atoms with van der Waals surface area (Å²) < 4.78 is 10.3. The minimum Gasteiger partial charge on any atom is -0.465 e. The normalized spacial score (nSPS) is 23.3. The van der Waals surface area contributed by atoms with E-state index in [-0.39, 0.29) is 13.2 Å². The van der Waals surface area contributed by atoms with Crippen molar-refractivity contribution in [2.45, 2.75) is 19.8 Å². The zero-order valence-corrected chi connectivity index (χ0v) is 13.6. The summed E-state index contributed by atoms with van der Waals surface area (Å²) >= 11 is 6.32. The summed E-state index contributed by atoms with van der Waals surface area (Å²) in [6.07, 6.45) is 0. The minimum absolute atomic E-state index is 0.127. The van der Waals surface area contributed by atoms with Crippen LogP contribution in [-0.2, 0) is 19.1 Å². The van der Waals surface area contributed by atoms with Gasteiger partial charge < -0.3 is 9.47 Å². The van der Waals surface area contributed by atoms with Crippen LogP contribution in [0.15, 0.2) is 40.5 Å². The maximum absolute atomic E-state index is 12.5. The van der Waals surface area contributed by atoms with Crippen LogP contribution in [0.3, 0.4) is 0 Å². The van der Waals surface area contributed by atoms with Gasteiger partial charge in [-0.2, -0.15) is 0 Å². The second-order valence-corrected chi connectivity index (χ2v) is 5.83. The molecule has 0 fully saturated rings. The molecule has 0 aliphatic carbocycles. The van der Waals surface area contributed by atoms with E-state index in [0.29, 0.717) is 27.6 Å². The Morgan fingerprint density at radius 2 is 2.17 bits per heavy atom. The summed E-state index contributed by atoms with van der Waals surface area (Å²) in [4.78, 5) is 29.1. The highest BCUT2D eigenvalue weighted by Gasteiger charge is 2.45. The van der Waals surface area contributed by atoms with Gasteiger partial charge in [0.25, 0.3) is 0 Å². The fourth-order valence-corrected chi connectivity index (χ4v) is 3.35. The number of hydrogen-bond donors (Lipinski definition) is 0. The third-order valence-electron chi connectivity index (χ3n) is 4.06. The molecule has 2 heterocycles. The molecule has 120 valence electrons. The second-order valence-electron chi connectivity index (χ2n) is 5.42. The molecule has 1 aromatic rings. The predicted octanol–water partition coefficient (Wildman–Crippen LogP) is 2.89. The van der Waals surface area contributed by atoms with Crippen molar-refractivity contribution in [1.29, 1.82) is 0 Å². The molecule has 5 nitrogen and oxygen atoms in total. The number of esters is 2. The largest absolute Gasteiger partial charge is 0.465 e. The number of rotatable bonds is 3. The first-order valence-electron chi connectivity index (χ1n) is 7.41. The van der Waals surface area contributed by atoms with Gasteiger partial charge in [-0.1, -0.05) is 29.8 Å². The lowest BCUT2D eigenvalue weighted by atomic mass is 9.76. The Morgan fingerprint density at radius 1 is 1.43 bits per heavy atom. The monoisotopic (exact) mass is 333 g/mol. The van der Waals surface area contributed by atoms with Gasteiger partial charge in [-0.25, -0.2) is 4.79 Å². The maximum atomic E-state index is 12.5. The van der Waals surface area contributed by atoms with Crippen molar-refractivity contribution in [2.75, 3.05) is 13.2 Å². The average molecular weight is 334 g/mol. The SMILES string of the molecule is CCOC(=O)C1C(C)=NC2=C(C(=O)OC2)C1c1ccccc1Cl. The minimum atomic E-state index is -0.681. The average Bonchev–Trinajstić information content (AvgIpc) is 2.87. The Bertz CT molecular complexity index is 738. The first-order chi connectivity index (χ1) is 11.0. The standard InChI is InChI=1S/C17H16ClNO4/c1-3-22-16(20)13-9(2)19-12-8-23-17(21)15(12)14(13)10-6-4-5-7-11(10)18/h4-7,13-14H,3,8H2,1-2H3. The van der Waals surface area contributed by atoms with Crippen LogP contribution in [0.5, 0.6) is 0 Å². The molecule has 0 spiro atoms. The number of nitrogens with zero attached hydrogens (tertiary/aromatic N) is 1. The molecule has 2 aliphatic heterocycles. The molecule has 2 unspecified atom stereocenters. The summed E-state index contributed by atoms with van der Waals surface area (Å²) in [6.45, 7) is 3.89. The van der Waals surface area contributed by atoms with Gasteiger partial charge in [-0.05, 0) is 25.5 Å². The zero-order valence-electron chi connectivity index (χ0n) is 12.8. The smallest absolute Gasteiger partial charge is 0.337 e. The van der Waals surface area contributed by atoms with Crippen LogP contribution in [0, 0.1) is 5.92 Å². The van der Waals surface area contributed by atoms with E-state index in [1.54, 1.807) is 26.0 Å². The van der Waals surface area contributed by atoms with E-state index in [1.165, 1.54) is 0 Å². The second kappa shape index (κ2) is 6.16. The Morgan fingerprint density at radius 3 is 2.87 bits per heavy atom. The van der Waals surface area contributed by atoms with Crippen LogP contribution >= 0.6 is 11.6 Å². The van der Waals surface area contributed by atoms with Crippen molar-refractivity contribution < 1.29 is 19.1 Å². The number of aliphatic imine (C=N–C) groups is 1. The molecule has 2 atom stereocenters. The maximum Gasteiger partial charge on any atom is 0.337 e. The fraction of sp³-hybridized carbons (Fsp3) is 0.353. The van der Waals surface area contributed by atoms with Crippen LogP contribution in [0.2, 0.25) is 5.02 Å². The Labute approximate surface area is 138 Å². The van der Waals surface area contributed by atoms with Gasteiger partial charge in [0.1, 0.15) is 12.5 Å². The van der Waals surface area contributed by atoms with Gasteiger partial charge >= 0.3 is 11.9 Å². The molecule has 23 heavy (non-hydrogen) atoms. The van der Waals surface area contributed by atoms with Gasteiger partial charge in [0, 0.05) is 16.7 Å². The third kappa shape index (κ3) is 2.65. The van der Waals surface area contributed by atoms with E-state index < -0.39 is 23.8 Å². The molecule has 2 aliphatic rings. The molecule has 3 rings (SSSR count). The van der Waals surface area contributed by atoms with Crippen molar-refractivity contribution in [1.82, 2.24) is 0 Å². The summed E-state index contributed by atoms with van der Waals surface area (Å²) in [6, 6.07) is 7.18. The van der Waals surface area contributed by atoms with Crippen molar-refractivity contribution in [3.8, 4) is 0 Å². The molecule has 0 radical (unpaired) electrons. The molecule has 1 aromatic carbocycles. The van der Waals surface area contributed by atoms with Gasteiger partial charge in [0.05, 0.1) is 17.9 Å². The van der Waals surface area contributed by atoms with E-state index in [9.17, 15) is 9.59 Å². The number of hydrogen-bond acceptors (Lipinski definition) is 5. The number of cyclic esters (lactones) is 1. The van der Waals surface area contributed by atoms with Gasteiger partial charge in [-0.15, -0.1) is 0 Å². The predicted molar refractivity (Wildman–Crippen MR) is 85.4 cm³/mol. The summed E-state index contributed by atoms with van der Waals surface area (Å²) in [7, 11) is 0. The van der Waals surface area contributed by atoms with E-state index in [4.69, 9.17) is 21.1 Å². The third-order valence-corrected chi connectivity index (χ3v) is 4.40.